The molecule has 2 aromatic carbocycles. The molecule has 0 spiro atoms. The maximum atomic E-state index is 12.3. The molecular weight excluding hydrogens is 446 g/mol. The van der Waals surface area contributed by atoms with E-state index in [2.05, 4.69) is 17.8 Å². The van der Waals surface area contributed by atoms with Crippen LogP contribution in [0.1, 0.15) is 37.7 Å². The fraction of sp³-hybridized carbons (Fsp3) is 0.250. The van der Waals surface area contributed by atoms with Gasteiger partial charge in [-0.15, -0.1) is 6.42 Å². The second-order valence-corrected chi connectivity index (χ2v) is 6.88. The van der Waals surface area contributed by atoms with Crippen molar-refractivity contribution < 1.29 is 28.5 Å². The van der Waals surface area contributed by atoms with Gasteiger partial charge in [0.15, 0.2) is 18.3 Å². The van der Waals surface area contributed by atoms with Gasteiger partial charge in [-0.25, -0.2) is 4.79 Å². The molecular formula is C28H29NO6. The first kappa shape index (κ1) is 26.9. The Morgan fingerprint density at radius 1 is 1.14 bits per heavy atom. The summed E-state index contributed by atoms with van der Waals surface area (Å²) in [5.41, 5.74) is 3.43. The number of aromatic nitrogens is 1. The smallest absolute Gasteiger partial charge is 0.341 e. The van der Waals surface area contributed by atoms with Crippen LogP contribution in [0.3, 0.4) is 0 Å². The number of para-hydroxylation sites is 1. The lowest BCUT2D eigenvalue weighted by molar-refractivity contribution is 0.0438. The van der Waals surface area contributed by atoms with Crippen molar-refractivity contribution in [2.45, 2.75) is 21.8 Å². The predicted octanol–water partition coefficient (Wildman–Crippen LogP) is 5.29. The van der Waals surface area contributed by atoms with Gasteiger partial charge < -0.3 is 28.3 Å². The van der Waals surface area contributed by atoms with Crippen LogP contribution < -0.4 is 14.2 Å². The second-order valence-electron chi connectivity index (χ2n) is 6.88. The zero-order valence-corrected chi connectivity index (χ0v) is 18.2. The van der Waals surface area contributed by atoms with Gasteiger partial charge in [-0.3, -0.25) is 0 Å². The first-order valence-corrected chi connectivity index (χ1v) is 10.2. The first-order valence-electron chi connectivity index (χ1n) is 10.2. The number of hydrogen-bond acceptors (Lipinski definition) is 6. The molecule has 0 bridgehead atoms. The SMILES string of the molecule is C.C.C#CC#Cc1cn(-c2ccc(C(=O)OCC)c(OCOC)c2)cc1-c1cccc2c1OCO2. The average Bonchev–Trinajstić information content (AvgIpc) is 3.48. The fourth-order valence-corrected chi connectivity index (χ4v) is 3.45. The number of carbonyl (C=O) groups excluding carboxylic acids is 1. The van der Waals surface area contributed by atoms with Crippen molar-refractivity contribution in [1.82, 2.24) is 4.57 Å². The molecule has 0 unspecified atom stereocenters. The number of ether oxygens (including phenoxy) is 5. The summed E-state index contributed by atoms with van der Waals surface area (Å²) in [6.07, 6.45) is 9.13. The lowest BCUT2D eigenvalue weighted by Crippen LogP contribution is -2.10. The van der Waals surface area contributed by atoms with E-state index in [-0.39, 0.29) is 35.0 Å². The van der Waals surface area contributed by atoms with E-state index < -0.39 is 5.97 Å². The molecule has 2 heterocycles. The van der Waals surface area contributed by atoms with E-state index in [0.29, 0.717) is 28.4 Å². The number of benzene rings is 2. The van der Waals surface area contributed by atoms with Gasteiger partial charge in [-0.1, -0.05) is 32.9 Å². The van der Waals surface area contributed by atoms with Crippen LogP contribution >= 0.6 is 0 Å². The summed E-state index contributed by atoms with van der Waals surface area (Å²) in [7, 11) is 1.51. The summed E-state index contributed by atoms with van der Waals surface area (Å²) in [6.45, 7) is 2.15. The minimum atomic E-state index is -0.471. The number of hydrogen-bond donors (Lipinski definition) is 0. The van der Waals surface area contributed by atoms with Gasteiger partial charge in [0, 0.05) is 42.4 Å². The monoisotopic (exact) mass is 475 g/mol. The van der Waals surface area contributed by atoms with Crippen LogP contribution in [-0.4, -0.2) is 37.8 Å². The third-order valence-corrected chi connectivity index (χ3v) is 4.87. The second kappa shape index (κ2) is 12.2. The van der Waals surface area contributed by atoms with Crippen LogP contribution in [0.25, 0.3) is 16.8 Å². The fourth-order valence-electron chi connectivity index (χ4n) is 3.45. The number of esters is 1. The largest absolute Gasteiger partial charge is 0.467 e. The van der Waals surface area contributed by atoms with Crippen LogP contribution in [0.15, 0.2) is 48.8 Å². The normalized spacial score (nSPS) is 10.7. The summed E-state index contributed by atoms with van der Waals surface area (Å²) >= 11 is 0. The highest BCUT2D eigenvalue weighted by Gasteiger charge is 2.22. The summed E-state index contributed by atoms with van der Waals surface area (Å²) in [5, 5.41) is 0. The van der Waals surface area contributed by atoms with Crippen molar-refractivity contribution in [2.75, 3.05) is 27.3 Å². The van der Waals surface area contributed by atoms with Crippen molar-refractivity contribution in [3.8, 4) is 58.2 Å². The van der Waals surface area contributed by atoms with Crippen molar-refractivity contribution in [3.05, 3.63) is 59.9 Å². The molecule has 0 amide bonds. The standard InChI is InChI=1S/C26H21NO6.2CH4/c1-4-6-8-18-14-27(15-22(18)20-9-7-10-23-25(20)33-17-32-23)19-11-12-21(26(28)30-5-2)24(13-19)31-16-29-3;;/h1,7,9-15H,5,16-17H2,2-3H3;2*1H4. The van der Waals surface area contributed by atoms with Crippen LogP contribution in [0.2, 0.25) is 0 Å². The Balaban J connectivity index is 0.00000216. The average molecular weight is 476 g/mol. The number of carbonyl (C=O) groups is 1. The van der Waals surface area contributed by atoms with Crippen molar-refractivity contribution >= 4 is 5.97 Å². The molecule has 35 heavy (non-hydrogen) atoms. The highest BCUT2D eigenvalue weighted by atomic mass is 16.7. The molecule has 1 aliphatic rings. The minimum Gasteiger partial charge on any atom is -0.467 e. The number of rotatable bonds is 7. The molecule has 0 atom stereocenters. The van der Waals surface area contributed by atoms with Gasteiger partial charge in [0.1, 0.15) is 11.3 Å². The van der Waals surface area contributed by atoms with Crippen LogP contribution in [-0.2, 0) is 9.47 Å². The van der Waals surface area contributed by atoms with Crippen molar-refractivity contribution in [1.29, 1.82) is 0 Å². The van der Waals surface area contributed by atoms with Gasteiger partial charge in [-0.2, -0.15) is 0 Å². The summed E-state index contributed by atoms with van der Waals surface area (Å²) in [6, 6.07) is 10.9. The van der Waals surface area contributed by atoms with E-state index in [4.69, 9.17) is 30.1 Å². The van der Waals surface area contributed by atoms with Gasteiger partial charge in [-0.05, 0) is 37.0 Å². The van der Waals surface area contributed by atoms with Crippen molar-refractivity contribution in [3.63, 3.8) is 0 Å². The van der Waals surface area contributed by atoms with Crippen LogP contribution in [0.5, 0.6) is 17.2 Å². The Kier molecular flexibility index (Phi) is 9.40. The zero-order valence-electron chi connectivity index (χ0n) is 18.2. The molecule has 1 aromatic heterocycles. The molecule has 0 saturated heterocycles. The van der Waals surface area contributed by atoms with Gasteiger partial charge >= 0.3 is 5.97 Å². The Hall–Kier alpha value is -4.33. The molecule has 1 aliphatic heterocycles. The molecule has 0 fully saturated rings. The van der Waals surface area contributed by atoms with Crippen LogP contribution in [0.4, 0.5) is 0 Å². The molecule has 0 radical (unpaired) electrons. The molecule has 4 rings (SSSR count). The molecule has 0 saturated carbocycles. The Morgan fingerprint density at radius 2 is 1.97 bits per heavy atom. The maximum absolute atomic E-state index is 12.3. The quantitative estimate of drug-likeness (QED) is 0.263. The Morgan fingerprint density at radius 3 is 2.71 bits per heavy atom. The number of methoxy groups -OCH3 is 1. The Bertz CT molecular complexity index is 1290. The predicted molar refractivity (Wildman–Crippen MR) is 135 cm³/mol. The lowest BCUT2D eigenvalue weighted by Gasteiger charge is -2.12. The Labute approximate surface area is 206 Å². The molecule has 7 nitrogen and oxygen atoms in total. The van der Waals surface area contributed by atoms with Gasteiger partial charge in [0.25, 0.3) is 0 Å². The molecule has 0 N–H and O–H groups in total. The van der Waals surface area contributed by atoms with E-state index in [9.17, 15) is 4.79 Å². The zero-order chi connectivity index (χ0) is 23.2. The first-order chi connectivity index (χ1) is 16.2. The third-order valence-electron chi connectivity index (χ3n) is 4.87. The minimum absolute atomic E-state index is 0. The topological polar surface area (TPSA) is 68.2 Å². The molecule has 3 aromatic rings. The molecule has 182 valence electrons. The van der Waals surface area contributed by atoms with E-state index in [1.807, 2.05) is 35.2 Å². The highest BCUT2D eigenvalue weighted by molar-refractivity contribution is 5.93. The third kappa shape index (κ3) is 5.60. The van der Waals surface area contributed by atoms with Gasteiger partial charge in [0.2, 0.25) is 6.79 Å². The highest BCUT2D eigenvalue weighted by Crippen LogP contribution is 2.42. The van der Waals surface area contributed by atoms with E-state index in [1.165, 1.54) is 7.11 Å². The number of fused-ring (bicyclic) bond motifs is 1. The lowest BCUT2D eigenvalue weighted by atomic mass is 10.0. The summed E-state index contributed by atoms with van der Waals surface area (Å²) in [5.74, 6) is 9.23. The maximum Gasteiger partial charge on any atom is 0.341 e. The molecule has 7 heteroatoms. The number of terminal acetylenes is 1. The van der Waals surface area contributed by atoms with E-state index in [1.54, 1.807) is 25.1 Å². The summed E-state index contributed by atoms with van der Waals surface area (Å²) in [4.78, 5) is 12.3. The van der Waals surface area contributed by atoms with Crippen molar-refractivity contribution in [2.24, 2.45) is 0 Å². The molecule has 0 aliphatic carbocycles. The van der Waals surface area contributed by atoms with Crippen LogP contribution in [0, 0.1) is 24.2 Å². The summed E-state index contributed by atoms with van der Waals surface area (Å²) < 4.78 is 28.8. The van der Waals surface area contributed by atoms with E-state index in [0.717, 1.165) is 16.8 Å². The van der Waals surface area contributed by atoms with E-state index >= 15 is 0 Å². The van der Waals surface area contributed by atoms with Gasteiger partial charge in [0.05, 0.1) is 12.2 Å². The number of nitrogens with zero attached hydrogens (tertiary/aromatic N) is 1.